The van der Waals surface area contributed by atoms with Crippen LogP contribution in [0.4, 0.5) is 0 Å². The normalized spacial score (nSPS) is 26.4. The summed E-state index contributed by atoms with van der Waals surface area (Å²) in [6, 6.07) is 19.0. The van der Waals surface area contributed by atoms with Gasteiger partial charge in [0.25, 0.3) is 0 Å². The molecule has 0 aromatic heterocycles. The van der Waals surface area contributed by atoms with E-state index in [1.54, 1.807) is 12.1 Å². The van der Waals surface area contributed by atoms with Gasteiger partial charge in [-0.3, -0.25) is 9.59 Å². The molecular formula is C32H26O6. The van der Waals surface area contributed by atoms with Crippen molar-refractivity contribution in [3.8, 4) is 28.7 Å². The molecule has 6 heteroatoms. The van der Waals surface area contributed by atoms with Crippen LogP contribution in [0.25, 0.3) is 0 Å². The average molecular weight is 507 g/mol. The molecule has 1 fully saturated rings. The summed E-state index contributed by atoms with van der Waals surface area (Å²) in [6.45, 7) is 4.08. The molecule has 0 amide bonds. The first-order chi connectivity index (χ1) is 18.4. The van der Waals surface area contributed by atoms with Crippen LogP contribution in [0.2, 0.25) is 0 Å². The maximum absolute atomic E-state index is 13.0. The first-order valence-corrected chi connectivity index (χ1v) is 12.9. The Labute approximate surface area is 220 Å². The number of benzene rings is 3. The molecule has 7 rings (SSSR count). The van der Waals surface area contributed by atoms with E-state index in [0.29, 0.717) is 28.7 Å². The first-order valence-electron chi connectivity index (χ1n) is 12.9. The third-order valence-corrected chi connectivity index (χ3v) is 7.99. The van der Waals surface area contributed by atoms with Crippen molar-refractivity contribution in [3.63, 3.8) is 0 Å². The number of ether oxygens (including phenoxy) is 4. The fourth-order valence-corrected chi connectivity index (χ4v) is 6.07. The number of carbonyl (C=O) groups excluding carboxylic acids is 2. The summed E-state index contributed by atoms with van der Waals surface area (Å²) in [7, 11) is 0. The van der Waals surface area contributed by atoms with Crippen molar-refractivity contribution in [2.45, 2.75) is 38.2 Å². The van der Waals surface area contributed by atoms with Crippen molar-refractivity contribution in [1.82, 2.24) is 0 Å². The Morgan fingerprint density at radius 1 is 0.711 bits per heavy atom. The number of hydrogen-bond donors (Lipinski definition) is 0. The molecule has 4 aliphatic rings. The SMILES string of the molecule is CC1=CCC(Oc2ccc3c(c2)OC(=O)C2C4C(=O)Oc5cc(Oc6ccc(C)cc6)ccc5C4C32)C=C1. The highest BCUT2D eigenvalue weighted by Gasteiger charge is 2.64. The molecule has 6 nitrogen and oxygen atoms in total. The second-order valence-electron chi connectivity index (χ2n) is 10.5. The number of aryl methyl sites for hydroxylation is 1. The Bertz CT molecular complexity index is 1530. The predicted octanol–water partition coefficient (Wildman–Crippen LogP) is 6.39. The van der Waals surface area contributed by atoms with E-state index in [4.69, 9.17) is 18.9 Å². The molecule has 38 heavy (non-hydrogen) atoms. The van der Waals surface area contributed by atoms with Gasteiger partial charge in [-0.15, -0.1) is 0 Å². The smallest absolute Gasteiger partial charge is 0.315 e. The molecule has 0 spiro atoms. The molecule has 3 aromatic carbocycles. The van der Waals surface area contributed by atoms with Gasteiger partial charge < -0.3 is 18.9 Å². The molecule has 5 unspecified atom stereocenters. The van der Waals surface area contributed by atoms with Gasteiger partial charge in [-0.1, -0.05) is 47.6 Å². The number of carbonyl (C=O) groups is 2. The van der Waals surface area contributed by atoms with Gasteiger partial charge in [0, 0.05) is 30.4 Å². The van der Waals surface area contributed by atoms with E-state index in [-0.39, 0.29) is 17.9 Å². The van der Waals surface area contributed by atoms with E-state index < -0.39 is 23.8 Å². The monoisotopic (exact) mass is 506 g/mol. The van der Waals surface area contributed by atoms with E-state index in [1.165, 1.54) is 5.57 Å². The molecule has 3 aromatic rings. The summed E-state index contributed by atoms with van der Waals surface area (Å²) in [5.41, 5.74) is 4.18. The lowest BCUT2D eigenvalue weighted by molar-refractivity contribution is -0.165. The average Bonchev–Trinajstić information content (AvgIpc) is 2.88. The number of allylic oxidation sites excluding steroid dienone is 2. The second-order valence-corrected chi connectivity index (χ2v) is 10.5. The van der Waals surface area contributed by atoms with Crippen molar-refractivity contribution < 1.29 is 28.5 Å². The summed E-state index contributed by atoms with van der Waals surface area (Å²) in [4.78, 5) is 26.1. The second kappa shape index (κ2) is 8.62. The Balaban J connectivity index is 1.18. The van der Waals surface area contributed by atoms with E-state index in [9.17, 15) is 9.59 Å². The quantitative estimate of drug-likeness (QED) is 0.302. The third kappa shape index (κ3) is 3.71. The van der Waals surface area contributed by atoms with E-state index >= 15 is 0 Å². The highest BCUT2D eigenvalue weighted by molar-refractivity contribution is 5.92. The number of fused-ring (bicyclic) bond motifs is 8. The highest BCUT2D eigenvalue weighted by atomic mass is 16.5. The largest absolute Gasteiger partial charge is 0.486 e. The molecule has 2 aliphatic heterocycles. The molecular weight excluding hydrogens is 480 g/mol. The zero-order chi connectivity index (χ0) is 26.0. The summed E-state index contributed by atoms with van der Waals surface area (Å²) in [6.07, 6.45) is 6.95. The molecule has 2 heterocycles. The van der Waals surface area contributed by atoms with Gasteiger partial charge in [0.05, 0.1) is 11.8 Å². The fraction of sp³-hybridized carbons (Fsp3) is 0.250. The third-order valence-electron chi connectivity index (χ3n) is 7.99. The van der Waals surface area contributed by atoms with Gasteiger partial charge >= 0.3 is 11.9 Å². The van der Waals surface area contributed by atoms with Gasteiger partial charge in [0.15, 0.2) is 0 Å². The van der Waals surface area contributed by atoms with Crippen LogP contribution >= 0.6 is 0 Å². The van der Waals surface area contributed by atoms with Crippen molar-refractivity contribution >= 4 is 11.9 Å². The lowest BCUT2D eigenvalue weighted by Crippen LogP contribution is -2.57. The molecule has 190 valence electrons. The van der Waals surface area contributed by atoms with Gasteiger partial charge in [-0.05, 0) is 55.3 Å². The van der Waals surface area contributed by atoms with E-state index in [0.717, 1.165) is 23.1 Å². The number of rotatable bonds is 4. The van der Waals surface area contributed by atoms with E-state index in [1.807, 2.05) is 67.6 Å². The topological polar surface area (TPSA) is 71.1 Å². The molecule has 0 bridgehead atoms. The van der Waals surface area contributed by atoms with Crippen LogP contribution in [0.3, 0.4) is 0 Å². The summed E-state index contributed by atoms with van der Waals surface area (Å²) in [5, 5.41) is 0. The molecule has 2 aliphatic carbocycles. The Morgan fingerprint density at radius 3 is 1.89 bits per heavy atom. The Hall–Kier alpha value is -4.32. The Morgan fingerprint density at radius 2 is 1.29 bits per heavy atom. The van der Waals surface area contributed by atoms with Gasteiger partial charge in [0.1, 0.15) is 34.9 Å². The highest BCUT2D eigenvalue weighted by Crippen LogP contribution is 2.65. The first kappa shape index (κ1) is 22.8. The lowest BCUT2D eigenvalue weighted by atomic mass is 9.51. The summed E-state index contributed by atoms with van der Waals surface area (Å²) in [5.74, 6) is 0.672. The van der Waals surface area contributed by atoms with Crippen molar-refractivity contribution in [2.24, 2.45) is 11.8 Å². The molecule has 1 saturated carbocycles. The van der Waals surface area contributed by atoms with Crippen LogP contribution in [0.1, 0.15) is 41.9 Å². The fourth-order valence-electron chi connectivity index (χ4n) is 6.07. The van der Waals surface area contributed by atoms with Crippen molar-refractivity contribution in [2.75, 3.05) is 0 Å². The minimum atomic E-state index is -0.560. The summed E-state index contributed by atoms with van der Waals surface area (Å²) < 4.78 is 23.5. The zero-order valence-corrected chi connectivity index (χ0v) is 21.0. The lowest BCUT2D eigenvalue weighted by Gasteiger charge is -2.53. The van der Waals surface area contributed by atoms with Crippen LogP contribution in [-0.4, -0.2) is 18.0 Å². The maximum Gasteiger partial charge on any atom is 0.315 e. The van der Waals surface area contributed by atoms with E-state index in [2.05, 4.69) is 13.0 Å². The van der Waals surface area contributed by atoms with Gasteiger partial charge in [-0.25, -0.2) is 0 Å². The number of esters is 2. The van der Waals surface area contributed by atoms with Crippen LogP contribution in [0.5, 0.6) is 28.7 Å². The van der Waals surface area contributed by atoms with Gasteiger partial charge in [-0.2, -0.15) is 0 Å². The van der Waals surface area contributed by atoms with Crippen LogP contribution < -0.4 is 18.9 Å². The zero-order valence-electron chi connectivity index (χ0n) is 21.0. The Kier molecular flexibility index (Phi) is 5.18. The van der Waals surface area contributed by atoms with Crippen molar-refractivity contribution in [1.29, 1.82) is 0 Å². The molecule has 0 saturated heterocycles. The van der Waals surface area contributed by atoms with Crippen LogP contribution in [-0.2, 0) is 9.59 Å². The van der Waals surface area contributed by atoms with Crippen LogP contribution in [0.15, 0.2) is 84.5 Å². The van der Waals surface area contributed by atoms with Gasteiger partial charge in [0.2, 0.25) is 0 Å². The molecule has 0 radical (unpaired) electrons. The minimum absolute atomic E-state index is 0.0619. The summed E-state index contributed by atoms with van der Waals surface area (Å²) >= 11 is 0. The van der Waals surface area contributed by atoms with Crippen molar-refractivity contribution in [3.05, 3.63) is 101 Å². The van der Waals surface area contributed by atoms with Crippen LogP contribution in [0, 0.1) is 18.8 Å². The maximum atomic E-state index is 13.0. The predicted molar refractivity (Wildman–Crippen MR) is 140 cm³/mol. The minimum Gasteiger partial charge on any atom is -0.486 e. The molecule has 0 N–H and O–H groups in total. The molecule has 5 atom stereocenters. The standard InChI is InChI=1S/C32H26O6/c1-17-3-7-19(8-4-17)35-21-11-13-23-25(15-21)37-31(33)29-27(23)28-24-14-12-22(16-26(24)38-32(34)30(28)29)36-20-9-5-18(2)6-10-20/h3-9,11-16,20,27-30H,10H2,1-2H3. The number of hydrogen-bond acceptors (Lipinski definition) is 6.